The molecular weight excluding hydrogens is 301 g/mol. The molecular formula is C17H20FNO4. The number of carboxylic acid groups (broad SMARTS) is 1. The second kappa shape index (κ2) is 7.35. The van der Waals surface area contributed by atoms with Gasteiger partial charge in [-0.25, -0.2) is 4.39 Å². The van der Waals surface area contributed by atoms with Gasteiger partial charge in [0.1, 0.15) is 5.82 Å². The lowest BCUT2D eigenvalue weighted by atomic mass is 9.94. The molecule has 6 heteroatoms. The zero-order valence-electron chi connectivity index (χ0n) is 13.0. The minimum atomic E-state index is -0.827. The van der Waals surface area contributed by atoms with Gasteiger partial charge >= 0.3 is 5.97 Å². The number of carbonyl (C=O) groups excluding carboxylic acids is 2. The van der Waals surface area contributed by atoms with Crippen LogP contribution in [-0.4, -0.2) is 40.8 Å². The fraction of sp³-hybridized carbons (Fsp3) is 0.471. The number of halogens is 1. The number of hydrogen-bond acceptors (Lipinski definition) is 3. The number of piperidine rings is 1. The average molecular weight is 321 g/mol. The monoisotopic (exact) mass is 321 g/mol. The van der Waals surface area contributed by atoms with Gasteiger partial charge in [-0.2, -0.15) is 0 Å². The van der Waals surface area contributed by atoms with Crippen LogP contribution < -0.4 is 0 Å². The van der Waals surface area contributed by atoms with Crippen LogP contribution in [0.4, 0.5) is 4.39 Å². The van der Waals surface area contributed by atoms with Crippen molar-refractivity contribution < 1.29 is 23.9 Å². The summed E-state index contributed by atoms with van der Waals surface area (Å²) in [6.45, 7) is 2.45. The van der Waals surface area contributed by atoms with E-state index in [4.69, 9.17) is 5.11 Å². The molecule has 1 aromatic rings. The van der Waals surface area contributed by atoms with Crippen LogP contribution in [0, 0.1) is 17.7 Å². The Hall–Kier alpha value is -2.24. The first kappa shape index (κ1) is 17.1. The molecule has 1 saturated heterocycles. The predicted octanol–water partition coefficient (Wildman–Crippen LogP) is 2.36. The van der Waals surface area contributed by atoms with E-state index in [1.165, 1.54) is 24.3 Å². The van der Waals surface area contributed by atoms with Crippen molar-refractivity contribution in [1.29, 1.82) is 0 Å². The van der Waals surface area contributed by atoms with Gasteiger partial charge in [-0.05, 0) is 25.0 Å². The third-order valence-corrected chi connectivity index (χ3v) is 4.23. The lowest BCUT2D eigenvalue weighted by Gasteiger charge is -2.30. The number of aliphatic carboxylic acids is 1. The standard InChI is InChI=1S/C17H20FNO4/c1-11(16(21)13-3-2-4-14(18)10-13)9-15(20)19-7-5-12(6-8-19)17(22)23/h2-4,10-12H,5-9H2,1H3,(H,22,23). The van der Waals surface area contributed by atoms with E-state index in [1.807, 2.05) is 0 Å². The lowest BCUT2D eigenvalue weighted by molar-refractivity contribution is -0.145. The Labute approximate surface area is 134 Å². The molecule has 124 valence electrons. The number of hydrogen-bond donors (Lipinski definition) is 1. The smallest absolute Gasteiger partial charge is 0.306 e. The largest absolute Gasteiger partial charge is 0.481 e. The molecule has 0 saturated carbocycles. The fourth-order valence-electron chi connectivity index (χ4n) is 2.79. The van der Waals surface area contributed by atoms with Gasteiger partial charge in [0, 0.05) is 31.0 Å². The van der Waals surface area contributed by atoms with E-state index >= 15 is 0 Å². The Balaban J connectivity index is 1.90. The van der Waals surface area contributed by atoms with Crippen LogP contribution in [0.3, 0.4) is 0 Å². The van der Waals surface area contributed by atoms with Crippen molar-refractivity contribution in [3.8, 4) is 0 Å². The second-order valence-electron chi connectivity index (χ2n) is 5.97. The first-order valence-electron chi connectivity index (χ1n) is 7.69. The van der Waals surface area contributed by atoms with Gasteiger partial charge < -0.3 is 10.0 Å². The van der Waals surface area contributed by atoms with Crippen LogP contribution in [0.5, 0.6) is 0 Å². The van der Waals surface area contributed by atoms with Crippen molar-refractivity contribution >= 4 is 17.7 Å². The molecule has 1 atom stereocenters. The SMILES string of the molecule is CC(CC(=O)N1CCC(C(=O)O)CC1)C(=O)c1cccc(F)c1. The Morgan fingerprint density at radius 2 is 1.96 bits per heavy atom. The number of nitrogens with zero attached hydrogens (tertiary/aromatic N) is 1. The van der Waals surface area contributed by atoms with Gasteiger partial charge in [-0.3, -0.25) is 14.4 Å². The summed E-state index contributed by atoms with van der Waals surface area (Å²) in [6, 6.07) is 5.43. The zero-order valence-corrected chi connectivity index (χ0v) is 13.0. The second-order valence-corrected chi connectivity index (χ2v) is 5.97. The first-order chi connectivity index (χ1) is 10.9. The molecule has 1 heterocycles. The van der Waals surface area contributed by atoms with Gasteiger partial charge in [-0.15, -0.1) is 0 Å². The van der Waals surface area contributed by atoms with Gasteiger partial charge in [-0.1, -0.05) is 19.1 Å². The molecule has 1 unspecified atom stereocenters. The topological polar surface area (TPSA) is 74.7 Å². The van der Waals surface area contributed by atoms with E-state index in [0.29, 0.717) is 25.9 Å². The average Bonchev–Trinajstić information content (AvgIpc) is 2.54. The van der Waals surface area contributed by atoms with Crippen LogP contribution in [0.1, 0.15) is 36.5 Å². The third kappa shape index (κ3) is 4.37. The molecule has 1 aliphatic rings. The van der Waals surface area contributed by atoms with E-state index < -0.39 is 23.6 Å². The van der Waals surface area contributed by atoms with Gasteiger partial charge in [0.2, 0.25) is 5.91 Å². The van der Waals surface area contributed by atoms with Gasteiger partial charge in [0.05, 0.1) is 5.92 Å². The summed E-state index contributed by atoms with van der Waals surface area (Å²) in [5, 5.41) is 8.95. The van der Waals surface area contributed by atoms with Crippen molar-refractivity contribution in [3.63, 3.8) is 0 Å². The number of rotatable bonds is 5. The summed E-state index contributed by atoms with van der Waals surface area (Å²) in [7, 11) is 0. The predicted molar refractivity (Wildman–Crippen MR) is 81.5 cm³/mol. The summed E-state index contributed by atoms with van der Waals surface area (Å²) in [5.74, 6) is -2.67. The first-order valence-corrected chi connectivity index (χ1v) is 7.69. The number of Topliss-reactive ketones (excluding diaryl/α,β-unsaturated/α-hetero) is 1. The number of amides is 1. The molecule has 23 heavy (non-hydrogen) atoms. The highest BCUT2D eigenvalue weighted by Crippen LogP contribution is 2.20. The van der Waals surface area contributed by atoms with Crippen molar-refractivity contribution in [2.24, 2.45) is 11.8 Å². The Morgan fingerprint density at radius 1 is 1.30 bits per heavy atom. The van der Waals surface area contributed by atoms with Crippen LogP contribution >= 0.6 is 0 Å². The normalized spacial score (nSPS) is 16.9. The van der Waals surface area contributed by atoms with Gasteiger partial charge in [0.15, 0.2) is 5.78 Å². The third-order valence-electron chi connectivity index (χ3n) is 4.23. The van der Waals surface area contributed by atoms with E-state index in [0.717, 1.165) is 0 Å². The van der Waals surface area contributed by atoms with Crippen molar-refractivity contribution in [2.75, 3.05) is 13.1 Å². The van der Waals surface area contributed by atoms with Crippen LogP contribution in [0.25, 0.3) is 0 Å². The minimum Gasteiger partial charge on any atom is -0.481 e. The molecule has 0 aliphatic carbocycles. The fourth-order valence-corrected chi connectivity index (χ4v) is 2.79. The molecule has 0 bridgehead atoms. The molecule has 1 amide bonds. The highest BCUT2D eigenvalue weighted by molar-refractivity contribution is 5.99. The number of benzene rings is 1. The number of carboxylic acids is 1. The van der Waals surface area contributed by atoms with Crippen molar-refractivity contribution in [2.45, 2.75) is 26.2 Å². The maximum atomic E-state index is 13.2. The maximum absolute atomic E-state index is 13.2. The minimum absolute atomic E-state index is 0.0487. The molecule has 0 spiro atoms. The van der Waals surface area contributed by atoms with Crippen molar-refractivity contribution in [1.82, 2.24) is 4.90 Å². The summed E-state index contributed by atoms with van der Waals surface area (Å²) < 4.78 is 13.2. The molecule has 0 aromatic heterocycles. The summed E-state index contributed by atoms with van der Waals surface area (Å²) in [5.41, 5.74) is 0.259. The molecule has 0 radical (unpaired) electrons. The van der Waals surface area contributed by atoms with Crippen LogP contribution in [0.15, 0.2) is 24.3 Å². The van der Waals surface area contributed by atoms with E-state index in [-0.39, 0.29) is 23.7 Å². The highest BCUT2D eigenvalue weighted by atomic mass is 19.1. The summed E-state index contributed by atoms with van der Waals surface area (Å²) in [4.78, 5) is 37.0. The van der Waals surface area contributed by atoms with E-state index in [1.54, 1.807) is 11.8 Å². The number of carbonyl (C=O) groups is 3. The van der Waals surface area contributed by atoms with Crippen LogP contribution in [0.2, 0.25) is 0 Å². The number of ketones is 1. The quantitative estimate of drug-likeness (QED) is 0.845. The summed E-state index contributed by atoms with van der Waals surface area (Å²) in [6.07, 6.45) is 0.924. The summed E-state index contributed by atoms with van der Waals surface area (Å²) >= 11 is 0. The molecule has 2 rings (SSSR count). The molecule has 5 nitrogen and oxygen atoms in total. The van der Waals surface area contributed by atoms with Crippen molar-refractivity contribution in [3.05, 3.63) is 35.6 Å². The van der Waals surface area contributed by atoms with Gasteiger partial charge in [0.25, 0.3) is 0 Å². The van der Waals surface area contributed by atoms with E-state index in [2.05, 4.69) is 0 Å². The molecule has 1 aliphatic heterocycles. The van der Waals surface area contributed by atoms with Crippen LogP contribution in [-0.2, 0) is 9.59 Å². The maximum Gasteiger partial charge on any atom is 0.306 e. The zero-order chi connectivity index (χ0) is 17.0. The lowest BCUT2D eigenvalue weighted by Crippen LogP contribution is -2.41. The Morgan fingerprint density at radius 3 is 2.52 bits per heavy atom. The number of likely N-dealkylation sites (tertiary alicyclic amines) is 1. The molecule has 1 fully saturated rings. The van der Waals surface area contributed by atoms with E-state index in [9.17, 15) is 18.8 Å². The Bertz CT molecular complexity index is 608. The molecule has 1 N–H and O–H groups in total. The molecule has 1 aromatic carbocycles. The Kier molecular flexibility index (Phi) is 5.47. The highest BCUT2D eigenvalue weighted by Gasteiger charge is 2.28.